The Balaban J connectivity index is 2.31. The molecule has 4 heteroatoms. The minimum atomic E-state index is 0.0856. The first kappa shape index (κ1) is 14.1. The molecular weight excluding hydrogens is 216 g/mol. The summed E-state index contributed by atoms with van der Waals surface area (Å²) in [5, 5.41) is 8.57. The van der Waals surface area contributed by atoms with Crippen LogP contribution in [0.2, 0.25) is 0 Å². The molecule has 96 valence electrons. The quantitative estimate of drug-likeness (QED) is 0.651. The van der Waals surface area contributed by atoms with Crippen LogP contribution in [0.15, 0.2) is 24.3 Å². The molecule has 0 fully saturated rings. The molecule has 0 atom stereocenters. The Morgan fingerprint density at radius 3 is 2.76 bits per heavy atom. The summed E-state index contributed by atoms with van der Waals surface area (Å²) in [7, 11) is 2.05. The van der Waals surface area contributed by atoms with Crippen molar-refractivity contribution in [3.63, 3.8) is 0 Å². The molecule has 17 heavy (non-hydrogen) atoms. The Bertz CT molecular complexity index is 318. The van der Waals surface area contributed by atoms with Crippen molar-refractivity contribution >= 4 is 0 Å². The molecule has 0 aliphatic rings. The summed E-state index contributed by atoms with van der Waals surface area (Å²) in [4.78, 5) is 2.19. The number of ether oxygens (including phenoxy) is 1. The van der Waals surface area contributed by atoms with Gasteiger partial charge in [0.1, 0.15) is 0 Å². The van der Waals surface area contributed by atoms with Gasteiger partial charge in [0.25, 0.3) is 0 Å². The molecule has 0 aliphatic heterocycles. The summed E-state index contributed by atoms with van der Waals surface area (Å²) in [5.41, 5.74) is 8.03. The van der Waals surface area contributed by atoms with E-state index in [9.17, 15) is 0 Å². The highest BCUT2D eigenvalue weighted by atomic mass is 16.5. The van der Waals surface area contributed by atoms with Crippen molar-refractivity contribution < 1.29 is 9.84 Å². The number of rotatable bonds is 8. The molecule has 0 saturated carbocycles. The Kier molecular flexibility index (Phi) is 6.81. The molecule has 0 aliphatic carbocycles. The SMILES string of the molecule is CN(CCOCCO)Cc1cccc(CN)c1. The van der Waals surface area contributed by atoms with Crippen LogP contribution in [0, 0.1) is 0 Å². The van der Waals surface area contributed by atoms with Crippen LogP contribution in [0.5, 0.6) is 0 Å². The highest BCUT2D eigenvalue weighted by molar-refractivity contribution is 5.23. The van der Waals surface area contributed by atoms with Gasteiger partial charge in [0.05, 0.1) is 19.8 Å². The first-order valence-corrected chi connectivity index (χ1v) is 5.91. The van der Waals surface area contributed by atoms with Crippen LogP contribution in [0.4, 0.5) is 0 Å². The number of hydrogen-bond donors (Lipinski definition) is 2. The molecule has 0 unspecified atom stereocenters. The predicted molar refractivity (Wildman–Crippen MR) is 68.6 cm³/mol. The lowest BCUT2D eigenvalue weighted by atomic mass is 10.1. The van der Waals surface area contributed by atoms with Gasteiger partial charge in [-0.25, -0.2) is 0 Å². The molecule has 0 aromatic heterocycles. The van der Waals surface area contributed by atoms with Crippen molar-refractivity contribution in [2.75, 3.05) is 33.4 Å². The van der Waals surface area contributed by atoms with Gasteiger partial charge in [-0.1, -0.05) is 24.3 Å². The number of likely N-dealkylation sites (N-methyl/N-ethyl adjacent to an activating group) is 1. The van der Waals surface area contributed by atoms with Crippen LogP contribution < -0.4 is 5.73 Å². The maximum Gasteiger partial charge on any atom is 0.0698 e. The van der Waals surface area contributed by atoms with Gasteiger partial charge in [-0.15, -0.1) is 0 Å². The van der Waals surface area contributed by atoms with E-state index in [1.807, 2.05) is 12.1 Å². The maximum absolute atomic E-state index is 8.57. The molecular formula is C13H22N2O2. The zero-order valence-corrected chi connectivity index (χ0v) is 10.4. The number of nitrogens with zero attached hydrogens (tertiary/aromatic N) is 1. The van der Waals surface area contributed by atoms with E-state index in [2.05, 4.69) is 24.1 Å². The number of benzene rings is 1. The van der Waals surface area contributed by atoms with Crippen molar-refractivity contribution in [1.82, 2.24) is 4.90 Å². The summed E-state index contributed by atoms with van der Waals surface area (Å²) in [6.07, 6.45) is 0. The zero-order chi connectivity index (χ0) is 12.5. The Hall–Kier alpha value is -0.940. The topological polar surface area (TPSA) is 58.7 Å². The third kappa shape index (κ3) is 5.79. The van der Waals surface area contributed by atoms with Crippen LogP contribution in [0.25, 0.3) is 0 Å². The second kappa shape index (κ2) is 8.20. The Morgan fingerprint density at radius 1 is 1.29 bits per heavy atom. The lowest BCUT2D eigenvalue weighted by Crippen LogP contribution is -2.23. The molecule has 0 amide bonds. The first-order valence-electron chi connectivity index (χ1n) is 5.91. The van der Waals surface area contributed by atoms with Crippen molar-refractivity contribution in [3.8, 4) is 0 Å². The average Bonchev–Trinajstić information content (AvgIpc) is 2.35. The molecule has 0 bridgehead atoms. The Morgan fingerprint density at radius 2 is 2.06 bits per heavy atom. The fourth-order valence-electron chi connectivity index (χ4n) is 1.63. The van der Waals surface area contributed by atoms with Gasteiger partial charge < -0.3 is 15.6 Å². The van der Waals surface area contributed by atoms with E-state index in [1.165, 1.54) is 5.56 Å². The van der Waals surface area contributed by atoms with Gasteiger partial charge in [-0.3, -0.25) is 4.90 Å². The van der Waals surface area contributed by atoms with Gasteiger partial charge in [0.2, 0.25) is 0 Å². The van der Waals surface area contributed by atoms with E-state index in [4.69, 9.17) is 15.6 Å². The summed E-state index contributed by atoms with van der Waals surface area (Å²) in [5.74, 6) is 0. The molecule has 3 N–H and O–H groups in total. The molecule has 1 aromatic carbocycles. The lowest BCUT2D eigenvalue weighted by Gasteiger charge is -2.17. The number of hydrogen-bond acceptors (Lipinski definition) is 4. The van der Waals surface area contributed by atoms with Crippen molar-refractivity contribution in [3.05, 3.63) is 35.4 Å². The van der Waals surface area contributed by atoms with Gasteiger partial charge >= 0.3 is 0 Å². The smallest absolute Gasteiger partial charge is 0.0698 e. The van der Waals surface area contributed by atoms with E-state index < -0.39 is 0 Å². The number of nitrogens with two attached hydrogens (primary N) is 1. The minimum Gasteiger partial charge on any atom is -0.394 e. The molecule has 0 saturated heterocycles. The van der Waals surface area contributed by atoms with E-state index in [-0.39, 0.29) is 6.61 Å². The fraction of sp³-hybridized carbons (Fsp3) is 0.538. The largest absolute Gasteiger partial charge is 0.394 e. The van der Waals surface area contributed by atoms with Crippen molar-refractivity contribution in [2.24, 2.45) is 5.73 Å². The van der Waals surface area contributed by atoms with E-state index >= 15 is 0 Å². The molecule has 4 nitrogen and oxygen atoms in total. The van der Waals surface area contributed by atoms with Crippen molar-refractivity contribution in [2.45, 2.75) is 13.1 Å². The Labute approximate surface area is 103 Å². The summed E-state index contributed by atoms with van der Waals surface area (Å²) >= 11 is 0. The first-order chi connectivity index (χ1) is 8.26. The minimum absolute atomic E-state index is 0.0856. The normalized spacial score (nSPS) is 11.1. The van der Waals surface area contributed by atoms with Crippen molar-refractivity contribution in [1.29, 1.82) is 0 Å². The molecule has 0 radical (unpaired) electrons. The average molecular weight is 238 g/mol. The molecule has 1 rings (SSSR count). The van der Waals surface area contributed by atoms with Gasteiger partial charge in [-0.2, -0.15) is 0 Å². The third-order valence-corrected chi connectivity index (χ3v) is 2.53. The molecule has 0 heterocycles. The van der Waals surface area contributed by atoms with E-state index in [0.29, 0.717) is 19.8 Å². The highest BCUT2D eigenvalue weighted by Crippen LogP contribution is 2.06. The predicted octanol–water partition coefficient (Wildman–Crippen LogP) is 0.586. The summed E-state index contributed by atoms with van der Waals surface area (Å²) < 4.78 is 5.22. The van der Waals surface area contributed by atoms with Crippen LogP contribution in [0.1, 0.15) is 11.1 Å². The highest BCUT2D eigenvalue weighted by Gasteiger charge is 2.01. The monoisotopic (exact) mass is 238 g/mol. The van der Waals surface area contributed by atoms with Gasteiger partial charge in [0, 0.05) is 19.6 Å². The second-order valence-corrected chi connectivity index (χ2v) is 4.10. The summed E-state index contributed by atoms with van der Waals surface area (Å²) in [6, 6.07) is 8.30. The van der Waals surface area contributed by atoms with Crippen LogP contribution in [0.3, 0.4) is 0 Å². The zero-order valence-electron chi connectivity index (χ0n) is 10.4. The third-order valence-electron chi connectivity index (χ3n) is 2.53. The summed E-state index contributed by atoms with van der Waals surface area (Å²) in [6.45, 7) is 3.47. The fourth-order valence-corrected chi connectivity index (χ4v) is 1.63. The maximum atomic E-state index is 8.57. The number of aliphatic hydroxyl groups is 1. The lowest BCUT2D eigenvalue weighted by molar-refractivity contribution is 0.0773. The second-order valence-electron chi connectivity index (χ2n) is 4.10. The van der Waals surface area contributed by atoms with Gasteiger partial charge in [0.15, 0.2) is 0 Å². The van der Waals surface area contributed by atoms with Crippen LogP contribution in [-0.4, -0.2) is 43.4 Å². The molecule has 1 aromatic rings. The van der Waals surface area contributed by atoms with Crippen LogP contribution in [-0.2, 0) is 17.8 Å². The van der Waals surface area contributed by atoms with E-state index in [0.717, 1.165) is 18.7 Å². The van der Waals surface area contributed by atoms with Gasteiger partial charge in [-0.05, 0) is 18.2 Å². The standard InChI is InChI=1S/C13H22N2O2/c1-15(5-7-17-8-6-16)11-13-4-2-3-12(9-13)10-14/h2-4,9,16H,5-8,10-11,14H2,1H3. The van der Waals surface area contributed by atoms with E-state index in [1.54, 1.807) is 0 Å². The van der Waals surface area contributed by atoms with Crippen LogP contribution >= 0.6 is 0 Å². The molecule has 0 spiro atoms. The number of aliphatic hydroxyl groups excluding tert-OH is 1.